The molecule has 4 heteroatoms. The van der Waals surface area contributed by atoms with Crippen LogP contribution in [-0.4, -0.2) is 41.7 Å². The van der Waals surface area contributed by atoms with Gasteiger partial charge in [-0.1, -0.05) is 34.1 Å². The summed E-state index contributed by atoms with van der Waals surface area (Å²) in [6.07, 6.45) is 1.97. The Bertz CT molecular complexity index is 212. The minimum absolute atomic E-state index is 0.00762. The van der Waals surface area contributed by atoms with Gasteiger partial charge in [-0.05, 0) is 11.8 Å². The van der Waals surface area contributed by atoms with E-state index in [9.17, 15) is 4.79 Å². The molecule has 0 saturated carbocycles. The van der Waals surface area contributed by atoms with Gasteiger partial charge in [0.25, 0.3) is 0 Å². The Morgan fingerprint density at radius 1 is 1.38 bits per heavy atom. The molecule has 0 heterocycles. The maximum Gasteiger partial charge on any atom is 0.240 e. The second-order valence-corrected chi connectivity index (χ2v) is 5.25. The van der Waals surface area contributed by atoms with Crippen LogP contribution in [0.5, 0.6) is 0 Å². The van der Waals surface area contributed by atoms with Gasteiger partial charge in [-0.25, -0.2) is 0 Å². The lowest BCUT2D eigenvalue weighted by atomic mass is 9.86. The molecule has 0 bridgehead atoms. The molecule has 0 aliphatic rings. The molecule has 4 nitrogen and oxygen atoms in total. The van der Waals surface area contributed by atoms with Crippen molar-refractivity contribution in [1.82, 2.24) is 4.90 Å². The fourth-order valence-electron chi connectivity index (χ4n) is 1.37. The molecule has 0 rings (SSSR count). The average Bonchev–Trinajstić information content (AvgIpc) is 2.20. The first kappa shape index (κ1) is 15.4. The van der Waals surface area contributed by atoms with Crippen molar-refractivity contribution < 1.29 is 9.90 Å². The molecule has 0 spiro atoms. The van der Waals surface area contributed by atoms with Gasteiger partial charge in [0.2, 0.25) is 5.91 Å². The van der Waals surface area contributed by atoms with Crippen LogP contribution in [0, 0.1) is 5.41 Å². The lowest BCUT2D eigenvalue weighted by Crippen LogP contribution is -2.51. The highest BCUT2D eigenvalue weighted by molar-refractivity contribution is 5.82. The van der Waals surface area contributed by atoms with Crippen molar-refractivity contribution in [2.45, 2.75) is 46.6 Å². The normalized spacial score (nSPS) is 13.6. The second-order valence-electron chi connectivity index (χ2n) is 5.25. The topological polar surface area (TPSA) is 66.6 Å². The molecule has 0 aliphatic heterocycles. The van der Waals surface area contributed by atoms with Crippen molar-refractivity contribution in [1.29, 1.82) is 0 Å². The summed E-state index contributed by atoms with van der Waals surface area (Å²) in [7, 11) is 0. The summed E-state index contributed by atoms with van der Waals surface area (Å²) in [6.45, 7) is 8.98. The van der Waals surface area contributed by atoms with Crippen LogP contribution in [0.15, 0.2) is 0 Å². The largest absolute Gasteiger partial charge is 0.395 e. The highest BCUT2D eigenvalue weighted by atomic mass is 16.3. The average molecular weight is 230 g/mol. The number of hydrogen-bond donors (Lipinski definition) is 2. The van der Waals surface area contributed by atoms with Crippen LogP contribution in [0.1, 0.15) is 40.5 Å². The van der Waals surface area contributed by atoms with Gasteiger partial charge in [0.05, 0.1) is 12.6 Å². The van der Waals surface area contributed by atoms with E-state index in [-0.39, 0.29) is 17.9 Å². The molecule has 3 N–H and O–H groups in total. The van der Waals surface area contributed by atoms with Crippen molar-refractivity contribution in [3.05, 3.63) is 0 Å². The predicted octanol–water partition coefficient (Wildman–Crippen LogP) is 0.981. The molecule has 0 aliphatic carbocycles. The molecular formula is C12H26N2O2. The Morgan fingerprint density at radius 2 is 1.94 bits per heavy atom. The van der Waals surface area contributed by atoms with E-state index in [0.29, 0.717) is 13.1 Å². The van der Waals surface area contributed by atoms with Gasteiger partial charge in [-0.3, -0.25) is 4.79 Å². The Balaban J connectivity index is 4.47. The lowest BCUT2D eigenvalue weighted by Gasteiger charge is -2.31. The summed E-state index contributed by atoms with van der Waals surface area (Å²) < 4.78 is 0. The molecule has 16 heavy (non-hydrogen) atoms. The Labute approximate surface area is 98.8 Å². The smallest absolute Gasteiger partial charge is 0.240 e. The highest BCUT2D eigenvalue weighted by Gasteiger charge is 2.30. The quantitative estimate of drug-likeness (QED) is 0.715. The first-order valence-electron chi connectivity index (χ1n) is 5.99. The number of amides is 1. The number of rotatable bonds is 6. The van der Waals surface area contributed by atoms with E-state index in [1.54, 1.807) is 4.90 Å². The second kappa shape index (κ2) is 6.86. The monoisotopic (exact) mass is 230 g/mol. The first-order chi connectivity index (χ1) is 7.34. The van der Waals surface area contributed by atoms with Gasteiger partial charge in [0, 0.05) is 13.1 Å². The molecule has 0 aromatic rings. The predicted molar refractivity (Wildman–Crippen MR) is 66.0 cm³/mol. The van der Waals surface area contributed by atoms with Crippen molar-refractivity contribution in [3.63, 3.8) is 0 Å². The molecule has 0 unspecified atom stereocenters. The van der Waals surface area contributed by atoms with Gasteiger partial charge in [-0.2, -0.15) is 0 Å². The van der Waals surface area contributed by atoms with Crippen molar-refractivity contribution in [2.24, 2.45) is 11.1 Å². The number of carbonyl (C=O) groups excluding carboxylic acids is 1. The molecule has 0 radical (unpaired) electrons. The Kier molecular flexibility index (Phi) is 6.60. The number of nitrogens with zero attached hydrogens (tertiary/aromatic N) is 1. The van der Waals surface area contributed by atoms with Crippen molar-refractivity contribution >= 4 is 5.91 Å². The minimum atomic E-state index is -0.504. The summed E-state index contributed by atoms with van der Waals surface area (Å²) in [5.41, 5.74) is 5.69. The Hall–Kier alpha value is -0.610. The number of nitrogens with two attached hydrogens (primary N) is 1. The number of aliphatic hydroxyl groups excluding tert-OH is 1. The van der Waals surface area contributed by atoms with Crippen LogP contribution in [-0.2, 0) is 4.79 Å². The van der Waals surface area contributed by atoms with Crippen LogP contribution in [0.4, 0.5) is 0 Å². The zero-order valence-corrected chi connectivity index (χ0v) is 11.0. The molecule has 0 aromatic carbocycles. The van der Waals surface area contributed by atoms with Crippen LogP contribution < -0.4 is 5.73 Å². The van der Waals surface area contributed by atoms with Gasteiger partial charge in [0.15, 0.2) is 0 Å². The van der Waals surface area contributed by atoms with E-state index in [2.05, 4.69) is 6.92 Å². The van der Waals surface area contributed by atoms with E-state index < -0.39 is 6.04 Å². The molecule has 96 valence electrons. The maximum atomic E-state index is 12.1. The number of aliphatic hydroxyl groups is 1. The van der Waals surface area contributed by atoms with Crippen LogP contribution >= 0.6 is 0 Å². The molecule has 0 fully saturated rings. The zero-order chi connectivity index (χ0) is 12.8. The standard InChI is InChI=1S/C12H26N2O2/c1-5-6-7-14(8-9-15)11(16)10(13)12(2,3)4/h10,15H,5-9,13H2,1-4H3/t10-/m1/s1. The summed E-state index contributed by atoms with van der Waals surface area (Å²) >= 11 is 0. The molecule has 1 amide bonds. The Morgan fingerprint density at radius 3 is 2.31 bits per heavy atom. The van der Waals surface area contributed by atoms with Crippen LogP contribution in [0.25, 0.3) is 0 Å². The van der Waals surface area contributed by atoms with Gasteiger partial charge >= 0.3 is 0 Å². The zero-order valence-electron chi connectivity index (χ0n) is 11.0. The van der Waals surface area contributed by atoms with E-state index in [1.807, 2.05) is 20.8 Å². The maximum absolute atomic E-state index is 12.1. The van der Waals surface area contributed by atoms with Crippen molar-refractivity contribution in [2.75, 3.05) is 19.7 Å². The summed E-state index contributed by atoms with van der Waals surface area (Å²) in [6, 6.07) is -0.504. The molecule has 1 atom stereocenters. The fourth-order valence-corrected chi connectivity index (χ4v) is 1.37. The van der Waals surface area contributed by atoms with E-state index >= 15 is 0 Å². The van der Waals surface area contributed by atoms with Gasteiger partial charge in [0.1, 0.15) is 0 Å². The van der Waals surface area contributed by atoms with Crippen LogP contribution in [0.2, 0.25) is 0 Å². The van der Waals surface area contributed by atoms with Gasteiger partial charge < -0.3 is 15.7 Å². The van der Waals surface area contributed by atoms with Crippen LogP contribution in [0.3, 0.4) is 0 Å². The first-order valence-corrected chi connectivity index (χ1v) is 5.99. The summed E-state index contributed by atoms with van der Waals surface area (Å²) in [5, 5.41) is 8.93. The number of hydrogen-bond acceptors (Lipinski definition) is 3. The number of unbranched alkanes of at least 4 members (excludes halogenated alkanes) is 1. The third-order valence-electron chi connectivity index (χ3n) is 2.66. The van der Waals surface area contributed by atoms with E-state index in [1.165, 1.54) is 0 Å². The summed E-state index contributed by atoms with van der Waals surface area (Å²) in [5.74, 6) is -0.0602. The third-order valence-corrected chi connectivity index (χ3v) is 2.66. The molecule has 0 aromatic heterocycles. The minimum Gasteiger partial charge on any atom is -0.395 e. The number of carbonyl (C=O) groups is 1. The molecular weight excluding hydrogens is 204 g/mol. The summed E-state index contributed by atoms with van der Waals surface area (Å²) in [4.78, 5) is 13.7. The molecule has 0 saturated heterocycles. The lowest BCUT2D eigenvalue weighted by molar-refractivity contribution is -0.135. The third kappa shape index (κ3) is 4.94. The van der Waals surface area contributed by atoms with Crippen molar-refractivity contribution in [3.8, 4) is 0 Å². The van der Waals surface area contributed by atoms with E-state index in [0.717, 1.165) is 12.8 Å². The van der Waals surface area contributed by atoms with Gasteiger partial charge in [-0.15, -0.1) is 0 Å². The highest BCUT2D eigenvalue weighted by Crippen LogP contribution is 2.19. The van der Waals surface area contributed by atoms with E-state index in [4.69, 9.17) is 10.8 Å². The SMILES string of the molecule is CCCCN(CCO)C(=O)[C@@H](N)C(C)(C)C. The fraction of sp³-hybridized carbons (Fsp3) is 0.917.